The van der Waals surface area contributed by atoms with E-state index in [4.69, 9.17) is 4.74 Å². The van der Waals surface area contributed by atoms with Gasteiger partial charge in [-0.2, -0.15) is 11.8 Å². The zero-order valence-electron chi connectivity index (χ0n) is 11.2. The lowest BCUT2D eigenvalue weighted by Crippen LogP contribution is -2.15. The van der Waals surface area contributed by atoms with Gasteiger partial charge in [-0.15, -0.1) is 0 Å². The molecule has 5 nitrogen and oxygen atoms in total. The molecule has 0 fully saturated rings. The van der Waals surface area contributed by atoms with E-state index in [1.807, 2.05) is 0 Å². The Balaban J connectivity index is 2.54. The average Bonchev–Trinajstić information content (AvgIpc) is 2.32. The summed E-state index contributed by atoms with van der Waals surface area (Å²) in [6.45, 7) is 5.68. The number of aromatic nitrogens is 2. The molecule has 0 unspecified atom stereocenters. The molecule has 0 amide bonds. The van der Waals surface area contributed by atoms with E-state index in [-0.39, 0.29) is 5.56 Å². The summed E-state index contributed by atoms with van der Waals surface area (Å²) in [5.74, 6) is 1.30. The zero-order chi connectivity index (χ0) is 13.4. The van der Waals surface area contributed by atoms with Gasteiger partial charge in [-0.1, -0.05) is 13.8 Å². The fourth-order valence-electron chi connectivity index (χ4n) is 1.34. The number of ether oxygens (including phenoxy) is 1. The first-order valence-electron chi connectivity index (χ1n) is 6.06. The molecule has 0 saturated carbocycles. The van der Waals surface area contributed by atoms with Gasteiger partial charge in [0.05, 0.1) is 5.69 Å². The second kappa shape index (κ2) is 8.16. The molecule has 1 heterocycles. The maximum atomic E-state index is 11.5. The van der Waals surface area contributed by atoms with Crippen LogP contribution in [0.15, 0.2) is 10.9 Å². The molecule has 0 aliphatic rings. The third-order valence-electron chi connectivity index (χ3n) is 2.18. The van der Waals surface area contributed by atoms with Gasteiger partial charge in [0.1, 0.15) is 0 Å². The zero-order valence-corrected chi connectivity index (χ0v) is 12.0. The van der Waals surface area contributed by atoms with Crippen LogP contribution in [-0.2, 0) is 10.5 Å². The van der Waals surface area contributed by atoms with Crippen molar-refractivity contribution < 1.29 is 4.74 Å². The molecule has 1 aromatic rings. The van der Waals surface area contributed by atoms with Crippen LogP contribution in [0.4, 0.5) is 5.95 Å². The van der Waals surface area contributed by atoms with Crippen LogP contribution in [0.1, 0.15) is 26.0 Å². The van der Waals surface area contributed by atoms with Gasteiger partial charge in [-0.3, -0.25) is 9.78 Å². The van der Waals surface area contributed by atoms with Crippen LogP contribution in [0.3, 0.4) is 0 Å². The molecule has 6 heteroatoms. The SMILES string of the molecule is COCCCNc1nc(CSC(C)C)cc(=O)[nH]1. The summed E-state index contributed by atoms with van der Waals surface area (Å²) in [5, 5.41) is 3.62. The number of hydrogen-bond acceptors (Lipinski definition) is 5. The van der Waals surface area contributed by atoms with E-state index in [0.717, 1.165) is 24.4 Å². The van der Waals surface area contributed by atoms with Crippen molar-refractivity contribution in [2.45, 2.75) is 31.3 Å². The minimum Gasteiger partial charge on any atom is -0.385 e. The molecule has 0 spiro atoms. The van der Waals surface area contributed by atoms with Crippen molar-refractivity contribution in [1.82, 2.24) is 9.97 Å². The van der Waals surface area contributed by atoms with Crippen LogP contribution >= 0.6 is 11.8 Å². The largest absolute Gasteiger partial charge is 0.385 e. The molecule has 0 aliphatic heterocycles. The Labute approximate surface area is 112 Å². The predicted octanol–water partition coefficient (Wildman–Crippen LogP) is 1.86. The summed E-state index contributed by atoms with van der Waals surface area (Å²) >= 11 is 1.77. The van der Waals surface area contributed by atoms with Crippen molar-refractivity contribution in [1.29, 1.82) is 0 Å². The number of methoxy groups -OCH3 is 1. The van der Waals surface area contributed by atoms with Crippen LogP contribution in [-0.4, -0.2) is 35.5 Å². The van der Waals surface area contributed by atoms with Crippen LogP contribution in [0.5, 0.6) is 0 Å². The molecule has 0 bridgehead atoms. The lowest BCUT2D eigenvalue weighted by atomic mass is 10.4. The molecule has 102 valence electrons. The van der Waals surface area contributed by atoms with Gasteiger partial charge in [-0.05, 0) is 11.7 Å². The molecule has 0 saturated heterocycles. The standard InChI is InChI=1S/C12H21N3O2S/c1-9(2)18-8-10-7-11(16)15-12(14-10)13-5-4-6-17-3/h7,9H,4-6,8H2,1-3H3,(H2,13,14,15,16). The highest BCUT2D eigenvalue weighted by molar-refractivity contribution is 7.99. The number of nitrogens with zero attached hydrogens (tertiary/aromatic N) is 1. The fourth-order valence-corrected chi connectivity index (χ4v) is 1.99. The second-order valence-electron chi connectivity index (χ2n) is 4.22. The van der Waals surface area contributed by atoms with Crippen molar-refractivity contribution in [2.75, 3.05) is 25.6 Å². The molecule has 0 atom stereocenters. The number of H-pyrrole nitrogens is 1. The highest BCUT2D eigenvalue weighted by Gasteiger charge is 2.03. The minimum atomic E-state index is -0.112. The van der Waals surface area contributed by atoms with E-state index in [2.05, 4.69) is 29.1 Å². The van der Waals surface area contributed by atoms with Gasteiger partial charge >= 0.3 is 0 Å². The van der Waals surface area contributed by atoms with Gasteiger partial charge in [0.15, 0.2) is 0 Å². The summed E-state index contributed by atoms with van der Waals surface area (Å²) in [5.41, 5.74) is 0.699. The Morgan fingerprint density at radius 3 is 3.00 bits per heavy atom. The van der Waals surface area contributed by atoms with E-state index in [1.165, 1.54) is 0 Å². The summed E-state index contributed by atoms with van der Waals surface area (Å²) in [6, 6.07) is 1.55. The number of rotatable bonds is 8. The maximum Gasteiger partial charge on any atom is 0.252 e. The maximum absolute atomic E-state index is 11.5. The summed E-state index contributed by atoms with van der Waals surface area (Å²) < 4.78 is 4.96. The molecule has 0 radical (unpaired) electrons. The first-order valence-corrected chi connectivity index (χ1v) is 7.11. The first kappa shape index (κ1) is 15.0. The minimum absolute atomic E-state index is 0.112. The van der Waals surface area contributed by atoms with E-state index < -0.39 is 0 Å². The lowest BCUT2D eigenvalue weighted by Gasteiger charge is -2.07. The van der Waals surface area contributed by atoms with Crippen molar-refractivity contribution in [2.24, 2.45) is 0 Å². The Bertz CT molecular complexity index is 407. The number of thioether (sulfide) groups is 1. The van der Waals surface area contributed by atoms with Crippen LogP contribution < -0.4 is 10.9 Å². The Kier molecular flexibility index (Phi) is 6.82. The lowest BCUT2D eigenvalue weighted by molar-refractivity contribution is 0.197. The number of aromatic amines is 1. The van der Waals surface area contributed by atoms with Crippen molar-refractivity contribution in [3.63, 3.8) is 0 Å². The molecule has 18 heavy (non-hydrogen) atoms. The summed E-state index contributed by atoms with van der Waals surface area (Å²) in [4.78, 5) is 18.5. The molecule has 0 aromatic carbocycles. The Morgan fingerprint density at radius 2 is 2.33 bits per heavy atom. The molecule has 2 N–H and O–H groups in total. The third kappa shape index (κ3) is 6.07. The number of hydrogen-bond donors (Lipinski definition) is 2. The number of anilines is 1. The van der Waals surface area contributed by atoms with Crippen LogP contribution in [0, 0.1) is 0 Å². The molecule has 1 aromatic heterocycles. The molecule has 0 aliphatic carbocycles. The van der Waals surface area contributed by atoms with E-state index in [9.17, 15) is 4.79 Å². The quantitative estimate of drug-likeness (QED) is 0.706. The van der Waals surface area contributed by atoms with Crippen molar-refractivity contribution in [3.05, 3.63) is 22.1 Å². The van der Waals surface area contributed by atoms with E-state index in [1.54, 1.807) is 24.9 Å². The molecular formula is C12H21N3O2S. The predicted molar refractivity (Wildman–Crippen MR) is 76.3 cm³/mol. The van der Waals surface area contributed by atoms with Crippen molar-refractivity contribution >= 4 is 17.7 Å². The third-order valence-corrected chi connectivity index (χ3v) is 3.31. The van der Waals surface area contributed by atoms with Crippen LogP contribution in [0.25, 0.3) is 0 Å². The Hall–Kier alpha value is -1.01. The molecular weight excluding hydrogens is 250 g/mol. The van der Waals surface area contributed by atoms with Gasteiger partial charge in [0.25, 0.3) is 5.56 Å². The highest BCUT2D eigenvalue weighted by atomic mass is 32.2. The molecule has 1 rings (SSSR count). The highest BCUT2D eigenvalue weighted by Crippen LogP contribution is 2.15. The summed E-state index contributed by atoms with van der Waals surface area (Å²) in [6.07, 6.45) is 0.880. The smallest absolute Gasteiger partial charge is 0.252 e. The monoisotopic (exact) mass is 271 g/mol. The first-order chi connectivity index (χ1) is 8.61. The van der Waals surface area contributed by atoms with Gasteiger partial charge in [0, 0.05) is 32.1 Å². The summed E-state index contributed by atoms with van der Waals surface area (Å²) in [7, 11) is 1.67. The second-order valence-corrected chi connectivity index (χ2v) is 5.78. The normalized spacial score (nSPS) is 10.9. The number of nitrogens with one attached hydrogen (secondary N) is 2. The van der Waals surface area contributed by atoms with Crippen molar-refractivity contribution in [3.8, 4) is 0 Å². The Morgan fingerprint density at radius 1 is 1.56 bits per heavy atom. The van der Waals surface area contributed by atoms with E-state index in [0.29, 0.717) is 17.8 Å². The average molecular weight is 271 g/mol. The van der Waals surface area contributed by atoms with Gasteiger partial charge in [-0.25, -0.2) is 4.98 Å². The van der Waals surface area contributed by atoms with Gasteiger partial charge in [0.2, 0.25) is 5.95 Å². The fraction of sp³-hybridized carbons (Fsp3) is 0.667. The van der Waals surface area contributed by atoms with Crippen LogP contribution in [0.2, 0.25) is 0 Å². The van der Waals surface area contributed by atoms with E-state index >= 15 is 0 Å². The van der Waals surface area contributed by atoms with Gasteiger partial charge < -0.3 is 10.1 Å². The topological polar surface area (TPSA) is 67.0 Å².